The molecule has 0 aliphatic carbocycles. The van der Waals surface area contributed by atoms with Crippen molar-refractivity contribution in [3.8, 4) is 0 Å². The summed E-state index contributed by atoms with van der Waals surface area (Å²) in [5.74, 6) is 0. The van der Waals surface area contributed by atoms with Gasteiger partial charge in [-0.1, -0.05) is 12.1 Å². The molecule has 16 heavy (non-hydrogen) atoms. The highest BCUT2D eigenvalue weighted by Gasteiger charge is 2.21. The summed E-state index contributed by atoms with van der Waals surface area (Å²) in [7, 11) is 0. The summed E-state index contributed by atoms with van der Waals surface area (Å²) in [5.41, 5.74) is 7.81. The Hall–Kier alpha value is -1.06. The highest BCUT2D eigenvalue weighted by molar-refractivity contribution is 5.39. The number of hydrogen-bond donors (Lipinski definition) is 1. The van der Waals surface area contributed by atoms with Gasteiger partial charge in [0.1, 0.15) is 0 Å². The average molecular weight is 220 g/mol. The minimum Gasteiger partial charge on any atom is -0.399 e. The Morgan fingerprint density at radius 2 is 1.75 bits per heavy atom. The predicted molar refractivity (Wildman–Crippen MR) is 66.1 cm³/mol. The molecule has 0 saturated carbocycles. The van der Waals surface area contributed by atoms with Crippen molar-refractivity contribution < 1.29 is 4.74 Å². The fourth-order valence-electron chi connectivity index (χ4n) is 2.29. The largest absolute Gasteiger partial charge is 0.399 e. The van der Waals surface area contributed by atoms with Gasteiger partial charge in [0.15, 0.2) is 0 Å². The topological polar surface area (TPSA) is 38.5 Å². The fourth-order valence-corrected chi connectivity index (χ4v) is 2.29. The lowest BCUT2D eigenvalue weighted by Crippen LogP contribution is -2.44. The molecule has 0 spiro atoms. The van der Waals surface area contributed by atoms with Gasteiger partial charge >= 0.3 is 0 Å². The first-order valence-electron chi connectivity index (χ1n) is 5.85. The molecule has 1 saturated heterocycles. The van der Waals surface area contributed by atoms with Crippen molar-refractivity contribution in [3.05, 3.63) is 29.8 Å². The molecule has 1 aromatic rings. The van der Waals surface area contributed by atoms with Crippen LogP contribution in [0, 0.1) is 0 Å². The summed E-state index contributed by atoms with van der Waals surface area (Å²) in [4.78, 5) is 2.43. The van der Waals surface area contributed by atoms with Gasteiger partial charge in [0.05, 0.1) is 12.2 Å². The molecule has 2 unspecified atom stereocenters. The van der Waals surface area contributed by atoms with Crippen LogP contribution >= 0.6 is 0 Å². The van der Waals surface area contributed by atoms with Gasteiger partial charge in [-0.25, -0.2) is 0 Å². The SMILES string of the molecule is CC1CN(Cc2ccc(N)cc2)CC(C)O1. The number of anilines is 1. The number of morpholine rings is 1. The van der Waals surface area contributed by atoms with Gasteiger partial charge in [-0.05, 0) is 31.5 Å². The highest BCUT2D eigenvalue weighted by Crippen LogP contribution is 2.14. The minimum atomic E-state index is 0.331. The van der Waals surface area contributed by atoms with E-state index in [0.717, 1.165) is 25.3 Å². The first-order chi connectivity index (χ1) is 7.63. The second kappa shape index (κ2) is 4.85. The Bertz CT molecular complexity index is 326. The van der Waals surface area contributed by atoms with Crippen LogP contribution in [0.25, 0.3) is 0 Å². The van der Waals surface area contributed by atoms with Crippen molar-refractivity contribution in [2.75, 3.05) is 18.8 Å². The summed E-state index contributed by atoms with van der Waals surface area (Å²) in [5, 5.41) is 0. The van der Waals surface area contributed by atoms with Crippen LogP contribution < -0.4 is 5.73 Å². The molecule has 1 fully saturated rings. The van der Waals surface area contributed by atoms with Crippen LogP contribution in [0.5, 0.6) is 0 Å². The van der Waals surface area contributed by atoms with E-state index in [4.69, 9.17) is 10.5 Å². The van der Waals surface area contributed by atoms with E-state index >= 15 is 0 Å². The van der Waals surface area contributed by atoms with Crippen LogP contribution in [0.3, 0.4) is 0 Å². The van der Waals surface area contributed by atoms with E-state index in [2.05, 4.69) is 30.9 Å². The molecule has 2 rings (SSSR count). The second-order valence-electron chi connectivity index (χ2n) is 4.69. The Kier molecular flexibility index (Phi) is 3.46. The minimum absolute atomic E-state index is 0.331. The number of ether oxygens (including phenoxy) is 1. The normalized spacial score (nSPS) is 26.9. The maximum atomic E-state index is 5.71. The zero-order valence-corrected chi connectivity index (χ0v) is 10.0. The van der Waals surface area contributed by atoms with Gasteiger partial charge in [-0.3, -0.25) is 4.90 Å². The Balaban J connectivity index is 1.96. The summed E-state index contributed by atoms with van der Waals surface area (Å²) in [6.45, 7) is 7.26. The van der Waals surface area contributed by atoms with Crippen LogP contribution in [0.1, 0.15) is 19.4 Å². The summed E-state index contributed by atoms with van der Waals surface area (Å²) < 4.78 is 5.71. The van der Waals surface area contributed by atoms with Crippen molar-refractivity contribution in [3.63, 3.8) is 0 Å². The van der Waals surface area contributed by atoms with E-state index in [1.165, 1.54) is 5.56 Å². The number of hydrogen-bond acceptors (Lipinski definition) is 3. The Morgan fingerprint density at radius 3 is 2.31 bits per heavy atom. The lowest BCUT2D eigenvalue weighted by Gasteiger charge is -2.35. The molecule has 3 heteroatoms. The number of nitrogen functional groups attached to an aromatic ring is 1. The molecule has 0 radical (unpaired) electrons. The maximum Gasteiger partial charge on any atom is 0.0678 e. The van der Waals surface area contributed by atoms with Crippen molar-refractivity contribution in [1.29, 1.82) is 0 Å². The lowest BCUT2D eigenvalue weighted by atomic mass is 10.1. The first-order valence-corrected chi connectivity index (χ1v) is 5.85. The van der Waals surface area contributed by atoms with Gasteiger partial charge < -0.3 is 10.5 Å². The summed E-state index contributed by atoms with van der Waals surface area (Å²) in [6, 6.07) is 8.12. The lowest BCUT2D eigenvalue weighted by molar-refractivity contribution is -0.0704. The van der Waals surface area contributed by atoms with Gasteiger partial charge in [-0.2, -0.15) is 0 Å². The second-order valence-corrected chi connectivity index (χ2v) is 4.69. The third kappa shape index (κ3) is 2.97. The molecule has 1 aliphatic rings. The van der Waals surface area contributed by atoms with Gasteiger partial charge in [-0.15, -0.1) is 0 Å². The number of nitrogens with two attached hydrogens (primary N) is 1. The predicted octanol–water partition coefficient (Wildman–Crippen LogP) is 1.88. The quantitative estimate of drug-likeness (QED) is 0.773. The van der Waals surface area contributed by atoms with Gasteiger partial charge in [0.25, 0.3) is 0 Å². The fraction of sp³-hybridized carbons (Fsp3) is 0.538. The van der Waals surface area contributed by atoms with E-state index in [1.54, 1.807) is 0 Å². The first kappa shape index (κ1) is 11.4. The van der Waals surface area contributed by atoms with Gasteiger partial charge in [0.2, 0.25) is 0 Å². The molecule has 88 valence electrons. The van der Waals surface area contributed by atoms with E-state index in [-0.39, 0.29) is 0 Å². The van der Waals surface area contributed by atoms with E-state index < -0.39 is 0 Å². The van der Waals surface area contributed by atoms with Crippen LogP contribution in [0.15, 0.2) is 24.3 Å². The van der Waals surface area contributed by atoms with Crippen molar-refractivity contribution >= 4 is 5.69 Å². The molecule has 2 atom stereocenters. The smallest absolute Gasteiger partial charge is 0.0678 e. The molecule has 2 N–H and O–H groups in total. The molecule has 1 aliphatic heterocycles. The maximum absolute atomic E-state index is 5.71. The Labute approximate surface area is 97.2 Å². The van der Waals surface area contributed by atoms with Crippen LogP contribution in [0.2, 0.25) is 0 Å². The van der Waals surface area contributed by atoms with E-state index in [0.29, 0.717) is 12.2 Å². The molecule has 0 bridgehead atoms. The van der Waals surface area contributed by atoms with Crippen LogP contribution in [-0.2, 0) is 11.3 Å². The average Bonchev–Trinajstić information content (AvgIpc) is 2.20. The molecule has 3 nitrogen and oxygen atoms in total. The number of nitrogens with zero attached hydrogens (tertiary/aromatic N) is 1. The third-order valence-corrected chi connectivity index (χ3v) is 2.88. The molecule has 1 aromatic carbocycles. The van der Waals surface area contributed by atoms with Gasteiger partial charge in [0, 0.05) is 25.3 Å². The molecule has 0 amide bonds. The van der Waals surface area contributed by atoms with Crippen LogP contribution in [0.4, 0.5) is 5.69 Å². The van der Waals surface area contributed by atoms with Crippen LogP contribution in [-0.4, -0.2) is 30.2 Å². The number of benzene rings is 1. The van der Waals surface area contributed by atoms with Crippen molar-refractivity contribution in [2.24, 2.45) is 0 Å². The van der Waals surface area contributed by atoms with Crippen molar-refractivity contribution in [1.82, 2.24) is 4.90 Å². The Morgan fingerprint density at radius 1 is 1.19 bits per heavy atom. The molecular weight excluding hydrogens is 200 g/mol. The van der Waals surface area contributed by atoms with E-state index in [1.807, 2.05) is 12.1 Å². The summed E-state index contributed by atoms with van der Waals surface area (Å²) in [6.07, 6.45) is 0.662. The highest BCUT2D eigenvalue weighted by atomic mass is 16.5. The molecule has 0 aromatic heterocycles. The zero-order valence-electron chi connectivity index (χ0n) is 10.0. The number of rotatable bonds is 2. The van der Waals surface area contributed by atoms with E-state index in [9.17, 15) is 0 Å². The standard InChI is InChI=1S/C13H20N2O/c1-10-7-15(8-11(2)16-10)9-12-3-5-13(14)6-4-12/h3-6,10-11H,7-9,14H2,1-2H3. The summed E-state index contributed by atoms with van der Waals surface area (Å²) >= 11 is 0. The monoisotopic (exact) mass is 220 g/mol. The zero-order chi connectivity index (χ0) is 11.5. The molecule has 1 heterocycles. The molecular formula is C13H20N2O. The third-order valence-electron chi connectivity index (χ3n) is 2.88. The van der Waals surface area contributed by atoms with Crippen molar-refractivity contribution in [2.45, 2.75) is 32.6 Å².